The maximum absolute atomic E-state index is 11.1. The van der Waals surface area contributed by atoms with Crippen molar-refractivity contribution >= 4 is 11.9 Å². The van der Waals surface area contributed by atoms with Gasteiger partial charge in [-0.1, -0.05) is 6.58 Å². The highest BCUT2D eigenvalue weighted by Crippen LogP contribution is 2.10. The molecule has 5 heteroatoms. The summed E-state index contributed by atoms with van der Waals surface area (Å²) in [5.41, 5.74) is 0.110. The molecule has 0 amide bonds. The molecule has 1 rings (SSSR count). The molecule has 1 fully saturated rings. The van der Waals surface area contributed by atoms with Crippen molar-refractivity contribution in [1.82, 2.24) is 0 Å². The van der Waals surface area contributed by atoms with Crippen LogP contribution in [0, 0.1) is 0 Å². The summed E-state index contributed by atoms with van der Waals surface area (Å²) in [4.78, 5) is 22.2. The molecule has 1 aliphatic rings. The van der Waals surface area contributed by atoms with Gasteiger partial charge in [0.05, 0.1) is 19.6 Å². The number of ether oxygens (including phenoxy) is 3. The first-order valence-corrected chi connectivity index (χ1v) is 4.75. The zero-order valence-corrected chi connectivity index (χ0v) is 8.65. The summed E-state index contributed by atoms with van der Waals surface area (Å²) in [6.45, 7) is 6.28. The summed E-state index contributed by atoms with van der Waals surface area (Å²) in [6, 6.07) is 0. The van der Waals surface area contributed by atoms with E-state index in [1.807, 2.05) is 0 Å². The van der Waals surface area contributed by atoms with E-state index in [-0.39, 0.29) is 31.3 Å². The molecule has 0 aromatic rings. The van der Waals surface area contributed by atoms with E-state index in [0.29, 0.717) is 6.61 Å². The van der Waals surface area contributed by atoms with Gasteiger partial charge in [-0.3, -0.25) is 4.79 Å². The average Bonchev–Trinajstić information content (AvgIpc) is 2.98. The Morgan fingerprint density at radius 2 is 2.13 bits per heavy atom. The van der Waals surface area contributed by atoms with Crippen LogP contribution in [0.1, 0.15) is 13.3 Å². The normalized spacial score (nSPS) is 18.1. The monoisotopic (exact) mass is 214 g/mol. The van der Waals surface area contributed by atoms with Gasteiger partial charge in [0.15, 0.2) is 0 Å². The first-order valence-electron chi connectivity index (χ1n) is 4.75. The lowest BCUT2D eigenvalue weighted by molar-refractivity contribution is -0.146. The fourth-order valence-corrected chi connectivity index (χ4v) is 0.881. The lowest BCUT2D eigenvalue weighted by Crippen LogP contribution is -2.14. The van der Waals surface area contributed by atoms with Crippen LogP contribution in [0.5, 0.6) is 0 Å². The predicted molar refractivity (Wildman–Crippen MR) is 51.1 cm³/mol. The minimum atomic E-state index is -0.558. The van der Waals surface area contributed by atoms with Gasteiger partial charge in [0, 0.05) is 5.57 Å². The van der Waals surface area contributed by atoms with Gasteiger partial charge in [-0.05, 0) is 6.92 Å². The van der Waals surface area contributed by atoms with E-state index in [1.165, 1.54) is 0 Å². The third-order valence-corrected chi connectivity index (χ3v) is 1.75. The molecule has 0 saturated carbocycles. The molecule has 1 aliphatic heterocycles. The molecular formula is C10H14O5. The SMILES string of the molecule is C=C(CC(=O)OCC1CO1)C(=O)OCC. The highest BCUT2D eigenvalue weighted by molar-refractivity contribution is 5.93. The first-order chi connectivity index (χ1) is 7.13. The van der Waals surface area contributed by atoms with Crippen molar-refractivity contribution in [2.45, 2.75) is 19.4 Å². The van der Waals surface area contributed by atoms with Gasteiger partial charge in [-0.15, -0.1) is 0 Å². The number of hydrogen-bond donors (Lipinski definition) is 0. The molecule has 1 atom stereocenters. The maximum Gasteiger partial charge on any atom is 0.333 e. The van der Waals surface area contributed by atoms with Crippen LogP contribution in [-0.4, -0.2) is 37.9 Å². The van der Waals surface area contributed by atoms with Crippen LogP contribution in [0.2, 0.25) is 0 Å². The standard InChI is InChI=1S/C10H14O5/c1-3-13-10(12)7(2)4-9(11)15-6-8-5-14-8/h8H,2-6H2,1H3. The van der Waals surface area contributed by atoms with Gasteiger partial charge in [0.1, 0.15) is 12.7 Å². The molecule has 0 aliphatic carbocycles. The van der Waals surface area contributed by atoms with Crippen molar-refractivity contribution in [2.24, 2.45) is 0 Å². The number of hydrogen-bond acceptors (Lipinski definition) is 5. The summed E-state index contributed by atoms with van der Waals surface area (Å²) >= 11 is 0. The van der Waals surface area contributed by atoms with Crippen LogP contribution in [-0.2, 0) is 23.8 Å². The van der Waals surface area contributed by atoms with E-state index in [9.17, 15) is 9.59 Å². The maximum atomic E-state index is 11.1. The van der Waals surface area contributed by atoms with Crippen molar-refractivity contribution in [3.8, 4) is 0 Å². The number of epoxide rings is 1. The van der Waals surface area contributed by atoms with E-state index >= 15 is 0 Å². The topological polar surface area (TPSA) is 65.1 Å². The molecular weight excluding hydrogens is 200 g/mol. The van der Waals surface area contributed by atoms with Gasteiger partial charge in [-0.25, -0.2) is 4.79 Å². The zero-order chi connectivity index (χ0) is 11.3. The Morgan fingerprint density at radius 1 is 1.47 bits per heavy atom. The first kappa shape index (κ1) is 11.7. The second-order valence-corrected chi connectivity index (χ2v) is 3.14. The Hall–Kier alpha value is -1.36. The van der Waals surface area contributed by atoms with Gasteiger partial charge < -0.3 is 14.2 Å². The lowest BCUT2D eigenvalue weighted by Gasteiger charge is -2.05. The minimum Gasteiger partial charge on any atom is -0.463 e. The smallest absolute Gasteiger partial charge is 0.333 e. The van der Waals surface area contributed by atoms with Crippen molar-refractivity contribution in [2.75, 3.05) is 19.8 Å². The highest BCUT2D eigenvalue weighted by Gasteiger charge is 2.24. The molecule has 1 heterocycles. The molecule has 0 aromatic heterocycles. The Kier molecular flexibility index (Phi) is 4.30. The molecule has 0 radical (unpaired) electrons. The van der Waals surface area contributed by atoms with Gasteiger partial charge in [0.25, 0.3) is 0 Å². The molecule has 1 saturated heterocycles. The van der Waals surface area contributed by atoms with E-state index in [1.54, 1.807) is 6.92 Å². The van der Waals surface area contributed by atoms with E-state index in [2.05, 4.69) is 11.3 Å². The van der Waals surface area contributed by atoms with Crippen molar-refractivity contribution in [3.05, 3.63) is 12.2 Å². The molecule has 5 nitrogen and oxygen atoms in total. The second kappa shape index (κ2) is 5.50. The fourth-order valence-electron chi connectivity index (χ4n) is 0.881. The van der Waals surface area contributed by atoms with Gasteiger partial charge >= 0.3 is 11.9 Å². The summed E-state index contributed by atoms with van der Waals surface area (Å²) in [7, 11) is 0. The highest BCUT2D eigenvalue weighted by atomic mass is 16.6. The summed E-state index contributed by atoms with van der Waals surface area (Å²) in [5.74, 6) is -1.04. The number of carbonyl (C=O) groups is 2. The third kappa shape index (κ3) is 4.60. The van der Waals surface area contributed by atoms with Crippen LogP contribution >= 0.6 is 0 Å². The molecule has 0 bridgehead atoms. The van der Waals surface area contributed by atoms with Crippen LogP contribution < -0.4 is 0 Å². The van der Waals surface area contributed by atoms with Crippen LogP contribution in [0.15, 0.2) is 12.2 Å². The predicted octanol–water partition coefficient (Wildman–Crippen LogP) is 0.438. The largest absolute Gasteiger partial charge is 0.463 e. The fraction of sp³-hybridized carbons (Fsp3) is 0.600. The Morgan fingerprint density at radius 3 is 2.67 bits per heavy atom. The van der Waals surface area contributed by atoms with Crippen molar-refractivity contribution in [3.63, 3.8) is 0 Å². The van der Waals surface area contributed by atoms with Crippen molar-refractivity contribution < 1.29 is 23.8 Å². The molecule has 1 unspecified atom stereocenters. The Bertz CT molecular complexity index is 267. The van der Waals surface area contributed by atoms with E-state index < -0.39 is 11.9 Å². The van der Waals surface area contributed by atoms with Crippen LogP contribution in [0.25, 0.3) is 0 Å². The van der Waals surface area contributed by atoms with E-state index in [4.69, 9.17) is 9.47 Å². The van der Waals surface area contributed by atoms with Gasteiger partial charge in [0.2, 0.25) is 0 Å². The van der Waals surface area contributed by atoms with Crippen LogP contribution in [0.4, 0.5) is 0 Å². The molecule has 15 heavy (non-hydrogen) atoms. The Labute approximate surface area is 88.0 Å². The minimum absolute atomic E-state index is 0.0322. The zero-order valence-electron chi connectivity index (χ0n) is 8.65. The molecule has 0 N–H and O–H groups in total. The molecule has 84 valence electrons. The average molecular weight is 214 g/mol. The summed E-state index contributed by atoms with van der Waals surface area (Å²) < 4.78 is 14.4. The number of esters is 2. The second-order valence-electron chi connectivity index (χ2n) is 3.14. The number of carbonyl (C=O) groups excluding carboxylic acids is 2. The summed E-state index contributed by atoms with van der Waals surface area (Å²) in [6.07, 6.45) is -0.101. The third-order valence-electron chi connectivity index (χ3n) is 1.75. The van der Waals surface area contributed by atoms with E-state index in [0.717, 1.165) is 0 Å². The number of rotatable bonds is 6. The van der Waals surface area contributed by atoms with Crippen LogP contribution in [0.3, 0.4) is 0 Å². The quantitative estimate of drug-likeness (QED) is 0.364. The summed E-state index contributed by atoms with van der Waals surface area (Å²) in [5, 5.41) is 0. The Balaban J connectivity index is 2.17. The molecule has 0 aromatic carbocycles. The lowest BCUT2D eigenvalue weighted by atomic mass is 10.2. The molecule has 0 spiro atoms. The van der Waals surface area contributed by atoms with Gasteiger partial charge in [-0.2, -0.15) is 0 Å². The van der Waals surface area contributed by atoms with Crippen molar-refractivity contribution in [1.29, 1.82) is 0 Å².